The molecular formula is C39H76NO5P. The van der Waals surface area contributed by atoms with Crippen molar-refractivity contribution in [2.24, 2.45) is 5.73 Å². The van der Waals surface area contributed by atoms with Crippen LogP contribution in [0.5, 0.6) is 0 Å². The predicted octanol–water partition coefficient (Wildman–Crippen LogP) is 11.8. The zero-order valence-electron chi connectivity index (χ0n) is 30.5. The number of aliphatic hydroxyl groups excluding tert-OH is 1. The summed E-state index contributed by atoms with van der Waals surface area (Å²) in [6.07, 6.45) is 37.0. The zero-order chi connectivity index (χ0) is 34.1. The SMILES string of the molecule is CCCCCCCCCCCCCCCCCC(=O)P(C(=O)CCCCCCCCCCCCCCCCC)C(N)(CO)C(=O)O. The van der Waals surface area contributed by atoms with Gasteiger partial charge in [0.15, 0.2) is 16.3 Å². The molecule has 6 nitrogen and oxygen atoms in total. The molecule has 0 aromatic rings. The van der Waals surface area contributed by atoms with Gasteiger partial charge in [-0.15, -0.1) is 0 Å². The molecule has 46 heavy (non-hydrogen) atoms. The summed E-state index contributed by atoms with van der Waals surface area (Å²) in [5, 5.41) is 17.4. The lowest BCUT2D eigenvalue weighted by atomic mass is 10.0. The van der Waals surface area contributed by atoms with Crippen LogP contribution in [0.25, 0.3) is 0 Å². The molecule has 272 valence electrons. The highest BCUT2D eigenvalue weighted by atomic mass is 31.1. The van der Waals surface area contributed by atoms with E-state index in [0.717, 1.165) is 38.5 Å². The molecule has 0 saturated heterocycles. The molecule has 1 atom stereocenters. The summed E-state index contributed by atoms with van der Waals surface area (Å²) in [4.78, 5) is 38.2. The van der Waals surface area contributed by atoms with Crippen molar-refractivity contribution in [2.75, 3.05) is 6.61 Å². The second-order valence-corrected chi connectivity index (χ2v) is 16.4. The van der Waals surface area contributed by atoms with E-state index < -0.39 is 25.8 Å². The summed E-state index contributed by atoms with van der Waals surface area (Å²) < 4.78 is 0. The Morgan fingerprint density at radius 2 is 0.674 bits per heavy atom. The highest BCUT2D eigenvalue weighted by Crippen LogP contribution is 2.51. The maximum Gasteiger partial charge on any atom is 0.331 e. The van der Waals surface area contributed by atoms with Gasteiger partial charge in [-0.1, -0.05) is 194 Å². The number of carboxylic acid groups (broad SMARTS) is 1. The number of hydrogen-bond acceptors (Lipinski definition) is 5. The average molecular weight is 670 g/mol. The third-order valence-corrected chi connectivity index (χ3v) is 12.1. The number of carbonyl (C=O) groups is 3. The smallest absolute Gasteiger partial charge is 0.331 e. The van der Waals surface area contributed by atoms with Crippen LogP contribution in [0.1, 0.15) is 219 Å². The fraction of sp³-hybridized carbons (Fsp3) is 0.923. The molecule has 0 aliphatic carbocycles. The summed E-state index contributed by atoms with van der Waals surface area (Å²) in [7, 11) is -2.30. The van der Waals surface area contributed by atoms with Crippen molar-refractivity contribution < 1.29 is 24.6 Å². The minimum Gasteiger partial charge on any atom is -0.480 e. The maximum atomic E-state index is 13.1. The molecule has 0 spiro atoms. The second-order valence-electron chi connectivity index (χ2n) is 13.9. The molecule has 0 bridgehead atoms. The third kappa shape index (κ3) is 24.3. The summed E-state index contributed by atoms with van der Waals surface area (Å²) in [6, 6.07) is 0. The van der Waals surface area contributed by atoms with E-state index >= 15 is 0 Å². The highest BCUT2D eigenvalue weighted by molar-refractivity contribution is 7.91. The number of hydrogen-bond donors (Lipinski definition) is 3. The lowest BCUT2D eigenvalue weighted by Crippen LogP contribution is -2.52. The monoisotopic (exact) mass is 670 g/mol. The van der Waals surface area contributed by atoms with E-state index in [1.807, 2.05) is 0 Å². The highest BCUT2D eigenvalue weighted by Gasteiger charge is 2.49. The number of carbonyl (C=O) groups excluding carboxylic acids is 2. The van der Waals surface area contributed by atoms with Gasteiger partial charge < -0.3 is 15.9 Å². The first kappa shape index (κ1) is 45.2. The third-order valence-electron chi connectivity index (χ3n) is 9.50. The lowest BCUT2D eigenvalue weighted by Gasteiger charge is -2.30. The second kappa shape index (κ2) is 32.7. The van der Waals surface area contributed by atoms with Gasteiger partial charge >= 0.3 is 5.97 Å². The summed E-state index contributed by atoms with van der Waals surface area (Å²) in [5.41, 5.74) is 5.30. The average Bonchev–Trinajstić information content (AvgIpc) is 3.04. The molecule has 0 heterocycles. The Balaban J connectivity index is 4.14. The standard InChI is InChI=1S/C39H76NO5P/c1-3-5-7-9-11-13-15-17-19-21-23-25-27-29-31-33-36(42)46(39(40,35-41)38(44)45)37(43)34-32-30-28-26-24-22-20-18-16-14-12-10-8-6-4-2/h41H,3-35,40H2,1-2H3,(H,44,45). The Bertz CT molecular complexity index is 687. The van der Waals surface area contributed by atoms with Gasteiger partial charge in [0.05, 0.1) is 14.5 Å². The van der Waals surface area contributed by atoms with Crippen LogP contribution in [-0.4, -0.2) is 39.1 Å². The van der Waals surface area contributed by atoms with Crippen molar-refractivity contribution in [1.29, 1.82) is 0 Å². The van der Waals surface area contributed by atoms with Crippen molar-refractivity contribution in [2.45, 2.75) is 225 Å². The van der Waals surface area contributed by atoms with E-state index in [1.165, 1.54) is 141 Å². The molecule has 0 aliphatic rings. The molecule has 0 aromatic carbocycles. The molecule has 7 heteroatoms. The van der Waals surface area contributed by atoms with Gasteiger partial charge in [-0.25, -0.2) is 4.79 Å². The quantitative estimate of drug-likeness (QED) is 0.0447. The maximum absolute atomic E-state index is 13.1. The Morgan fingerprint density at radius 3 is 0.870 bits per heavy atom. The van der Waals surface area contributed by atoms with Gasteiger partial charge in [0.1, 0.15) is 0 Å². The van der Waals surface area contributed by atoms with Crippen molar-refractivity contribution in [3.05, 3.63) is 0 Å². The minimum atomic E-state index is -2.30. The normalized spacial score (nSPS) is 12.9. The van der Waals surface area contributed by atoms with Gasteiger partial charge in [-0.2, -0.15) is 0 Å². The van der Waals surface area contributed by atoms with E-state index in [1.54, 1.807) is 0 Å². The number of aliphatic carboxylic acids is 1. The van der Waals surface area contributed by atoms with E-state index in [4.69, 9.17) is 5.73 Å². The summed E-state index contributed by atoms with van der Waals surface area (Å²) in [6.45, 7) is 3.61. The molecule has 0 aromatic heterocycles. The van der Waals surface area contributed by atoms with Gasteiger partial charge in [0.2, 0.25) is 0 Å². The fourth-order valence-electron chi connectivity index (χ4n) is 6.34. The molecule has 0 fully saturated rings. The lowest BCUT2D eigenvalue weighted by molar-refractivity contribution is -0.141. The first-order valence-electron chi connectivity index (χ1n) is 19.8. The molecule has 0 saturated carbocycles. The summed E-state index contributed by atoms with van der Waals surface area (Å²) in [5.74, 6) is -1.46. The van der Waals surface area contributed by atoms with E-state index in [-0.39, 0.29) is 23.9 Å². The first-order valence-corrected chi connectivity index (χ1v) is 21.2. The predicted molar refractivity (Wildman–Crippen MR) is 198 cm³/mol. The minimum absolute atomic E-state index is 0.167. The molecule has 0 aliphatic heterocycles. The number of nitrogens with two attached hydrogens (primary N) is 1. The Hall–Kier alpha value is -0.840. The van der Waals surface area contributed by atoms with Crippen LogP contribution in [0.3, 0.4) is 0 Å². The van der Waals surface area contributed by atoms with Gasteiger partial charge in [-0.05, 0) is 12.8 Å². The Kier molecular flexibility index (Phi) is 32.1. The molecule has 4 N–H and O–H groups in total. The van der Waals surface area contributed by atoms with Gasteiger partial charge in [0, 0.05) is 12.8 Å². The van der Waals surface area contributed by atoms with Crippen LogP contribution >= 0.6 is 7.92 Å². The van der Waals surface area contributed by atoms with Crippen molar-refractivity contribution in [1.82, 2.24) is 0 Å². The number of aliphatic hydroxyl groups is 1. The van der Waals surface area contributed by atoms with E-state index in [9.17, 15) is 24.6 Å². The Morgan fingerprint density at radius 1 is 0.457 bits per heavy atom. The van der Waals surface area contributed by atoms with Gasteiger partial charge in [0.25, 0.3) is 0 Å². The number of carboxylic acids is 1. The van der Waals surface area contributed by atoms with Crippen molar-refractivity contribution in [3.8, 4) is 0 Å². The fourth-order valence-corrected chi connectivity index (χ4v) is 8.60. The molecular weight excluding hydrogens is 593 g/mol. The van der Waals surface area contributed by atoms with Crippen LogP contribution in [-0.2, 0) is 14.4 Å². The van der Waals surface area contributed by atoms with Gasteiger partial charge in [-0.3, -0.25) is 9.59 Å². The number of rotatable bonds is 37. The van der Waals surface area contributed by atoms with E-state index in [0.29, 0.717) is 12.8 Å². The Labute approximate surface area is 286 Å². The van der Waals surface area contributed by atoms with E-state index in [2.05, 4.69) is 13.8 Å². The molecule has 0 radical (unpaired) electrons. The molecule has 1 unspecified atom stereocenters. The van der Waals surface area contributed by atoms with Crippen LogP contribution in [0, 0.1) is 0 Å². The summed E-state index contributed by atoms with van der Waals surface area (Å²) >= 11 is 0. The molecule has 0 rings (SSSR count). The van der Waals surface area contributed by atoms with Crippen molar-refractivity contribution >= 4 is 24.9 Å². The van der Waals surface area contributed by atoms with Crippen LogP contribution < -0.4 is 5.73 Å². The first-order chi connectivity index (χ1) is 22.3. The largest absolute Gasteiger partial charge is 0.480 e. The van der Waals surface area contributed by atoms with Crippen LogP contribution in [0.15, 0.2) is 0 Å². The molecule has 0 amide bonds. The zero-order valence-corrected chi connectivity index (χ0v) is 31.4. The van der Waals surface area contributed by atoms with Crippen molar-refractivity contribution in [3.63, 3.8) is 0 Å². The topological polar surface area (TPSA) is 118 Å². The van der Waals surface area contributed by atoms with Crippen LogP contribution in [0.4, 0.5) is 0 Å². The van der Waals surface area contributed by atoms with Crippen LogP contribution in [0.2, 0.25) is 0 Å². The number of unbranched alkanes of at least 4 members (excludes halogenated alkanes) is 28.